The predicted molar refractivity (Wildman–Crippen MR) is 80.9 cm³/mol. The van der Waals surface area contributed by atoms with E-state index >= 15 is 0 Å². The SMILES string of the molecule is COC(=O)[C@@H](CC(C)C)NC(=O)Cn1nnc2ccccc21. The van der Waals surface area contributed by atoms with Gasteiger partial charge in [-0.3, -0.25) is 4.79 Å². The molecule has 7 nitrogen and oxygen atoms in total. The fourth-order valence-corrected chi connectivity index (χ4v) is 2.24. The predicted octanol–water partition coefficient (Wildman–Crippen LogP) is 1.14. The molecule has 0 fully saturated rings. The highest BCUT2D eigenvalue weighted by molar-refractivity contribution is 5.85. The van der Waals surface area contributed by atoms with E-state index in [0.29, 0.717) is 6.42 Å². The molecular weight excluding hydrogens is 284 g/mol. The lowest BCUT2D eigenvalue weighted by molar-refractivity contribution is -0.145. The van der Waals surface area contributed by atoms with Crippen LogP contribution in [0.15, 0.2) is 24.3 Å². The summed E-state index contributed by atoms with van der Waals surface area (Å²) >= 11 is 0. The van der Waals surface area contributed by atoms with Crippen LogP contribution in [-0.2, 0) is 20.9 Å². The van der Waals surface area contributed by atoms with Crippen molar-refractivity contribution in [3.05, 3.63) is 24.3 Å². The van der Waals surface area contributed by atoms with Crippen molar-refractivity contribution in [3.63, 3.8) is 0 Å². The minimum Gasteiger partial charge on any atom is -0.467 e. The van der Waals surface area contributed by atoms with Gasteiger partial charge < -0.3 is 10.1 Å². The molecule has 1 amide bonds. The largest absolute Gasteiger partial charge is 0.467 e. The Labute approximate surface area is 128 Å². The monoisotopic (exact) mass is 304 g/mol. The highest BCUT2D eigenvalue weighted by Crippen LogP contribution is 2.10. The minimum atomic E-state index is -0.646. The summed E-state index contributed by atoms with van der Waals surface area (Å²) in [7, 11) is 1.31. The maximum atomic E-state index is 12.2. The van der Waals surface area contributed by atoms with Crippen LogP contribution in [0, 0.1) is 5.92 Å². The number of esters is 1. The molecular formula is C15H20N4O3. The quantitative estimate of drug-likeness (QED) is 0.809. The van der Waals surface area contributed by atoms with Crippen LogP contribution < -0.4 is 5.32 Å². The molecule has 1 aromatic heterocycles. The van der Waals surface area contributed by atoms with Crippen LogP contribution in [0.5, 0.6) is 0 Å². The smallest absolute Gasteiger partial charge is 0.328 e. The van der Waals surface area contributed by atoms with E-state index in [2.05, 4.69) is 15.6 Å². The number of nitrogens with one attached hydrogen (secondary N) is 1. The number of rotatable bonds is 6. The van der Waals surface area contributed by atoms with Gasteiger partial charge in [-0.25, -0.2) is 9.48 Å². The number of methoxy groups -OCH3 is 1. The maximum absolute atomic E-state index is 12.2. The number of para-hydroxylation sites is 1. The van der Waals surface area contributed by atoms with E-state index in [4.69, 9.17) is 4.74 Å². The van der Waals surface area contributed by atoms with Gasteiger partial charge in [-0.05, 0) is 24.5 Å². The summed E-state index contributed by atoms with van der Waals surface area (Å²) < 4.78 is 6.24. The van der Waals surface area contributed by atoms with Crippen LogP contribution in [0.4, 0.5) is 0 Å². The zero-order chi connectivity index (χ0) is 16.1. The molecule has 2 rings (SSSR count). The van der Waals surface area contributed by atoms with Crippen LogP contribution in [0.3, 0.4) is 0 Å². The minimum absolute atomic E-state index is 0.00605. The molecule has 1 aromatic carbocycles. The molecule has 22 heavy (non-hydrogen) atoms. The Morgan fingerprint density at radius 3 is 2.73 bits per heavy atom. The third-order valence-electron chi connectivity index (χ3n) is 3.24. The van der Waals surface area contributed by atoms with Gasteiger partial charge in [0.1, 0.15) is 18.1 Å². The topological polar surface area (TPSA) is 86.1 Å². The molecule has 1 atom stereocenters. The Hall–Kier alpha value is -2.44. The number of nitrogens with zero attached hydrogens (tertiary/aromatic N) is 3. The molecule has 1 heterocycles. The lowest BCUT2D eigenvalue weighted by Gasteiger charge is -2.18. The number of aromatic nitrogens is 3. The number of benzene rings is 1. The molecule has 118 valence electrons. The lowest BCUT2D eigenvalue weighted by atomic mass is 10.0. The van der Waals surface area contributed by atoms with Gasteiger partial charge in [0.05, 0.1) is 12.6 Å². The summed E-state index contributed by atoms with van der Waals surface area (Å²) in [5.41, 5.74) is 1.50. The Balaban J connectivity index is 2.06. The van der Waals surface area contributed by atoms with Crippen molar-refractivity contribution in [2.24, 2.45) is 5.92 Å². The normalized spacial score (nSPS) is 12.4. The summed E-state index contributed by atoms with van der Waals surface area (Å²) in [6.07, 6.45) is 0.524. The number of hydrogen-bond donors (Lipinski definition) is 1. The molecule has 1 N–H and O–H groups in total. The fraction of sp³-hybridized carbons (Fsp3) is 0.467. The zero-order valence-corrected chi connectivity index (χ0v) is 12.9. The first kappa shape index (κ1) is 15.9. The summed E-state index contributed by atoms with van der Waals surface area (Å²) in [6.45, 7) is 3.96. The molecule has 0 saturated carbocycles. The highest BCUT2D eigenvalue weighted by Gasteiger charge is 2.23. The van der Waals surface area contributed by atoms with Gasteiger partial charge >= 0.3 is 5.97 Å². The van der Waals surface area contributed by atoms with Crippen molar-refractivity contribution >= 4 is 22.9 Å². The van der Waals surface area contributed by atoms with Gasteiger partial charge in [-0.15, -0.1) is 5.10 Å². The summed E-state index contributed by atoms with van der Waals surface area (Å²) in [4.78, 5) is 23.9. The molecule has 2 aromatic rings. The number of carbonyl (C=O) groups is 2. The number of carbonyl (C=O) groups excluding carboxylic acids is 2. The van der Waals surface area contributed by atoms with Crippen molar-refractivity contribution in [3.8, 4) is 0 Å². The second kappa shape index (κ2) is 7.02. The van der Waals surface area contributed by atoms with E-state index in [9.17, 15) is 9.59 Å². The van der Waals surface area contributed by atoms with E-state index < -0.39 is 12.0 Å². The van der Waals surface area contributed by atoms with Crippen LogP contribution in [0.1, 0.15) is 20.3 Å². The Kier molecular flexibility index (Phi) is 5.08. The first-order chi connectivity index (χ1) is 10.5. The maximum Gasteiger partial charge on any atom is 0.328 e. The van der Waals surface area contributed by atoms with Gasteiger partial charge in [0.25, 0.3) is 0 Å². The van der Waals surface area contributed by atoms with Crippen LogP contribution in [0.25, 0.3) is 11.0 Å². The molecule has 0 spiro atoms. The fourth-order valence-electron chi connectivity index (χ4n) is 2.24. The number of amides is 1. The summed E-state index contributed by atoms with van der Waals surface area (Å²) in [5, 5.41) is 10.6. The van der Waals surface area contributed by atoms with E-state index in [-0.39, 0.29) is 18.4 Å². The molecule has 0 saturated heterocycles. The van der Waals surface area contributed by atoms with Crippen molar-refractivity contribution < 1.29 is 14.3 Å². The molecule has 0 aliphatic heterocycles. The standard InChI is InChI=1S/C15H20N4O3/c1-10(2)8-12(15(21)22-3)16-14(20)9-19-13-7-5-4-6-11(13)17-18-19/h4-7,10,12H,8-9H2,1-3H3,(H,16,20)/t12-/m1/s1. The van der Waals surface area contributed by atoms with Gasteiger partial charge in [-0.2, -0.15) is 0 Å². The first-order valence-electron chi connectivity index (χ1n) is 7.16. The van der Waals surface area contributed by atoms with Crippen molar-refractivity contribution in [2.75, 3.05) is 7.11 Å². The second-order valence-corrected chi connectivity index (χ2v) is 5.51. The number of fused-ring (bicyclic) bond motifs is 1. The highest BCUT2D eigenvalue weighted by atomic mass is 16.5. The summed E-state index contributed by atoms with van der Waals surface area (Å²) in [6, 6.07) is 6.74. The van der Waals surface area contributed by atoms with Gasteiger partial charge in [0, 0.05) is 0 Å². The third kappa shape index (κ3) is 3.81. The zero-order valence-electron chi connectivity index (χ0n) is 12.9. The molecule has 0 aliphatic carbocycles. The summed E-state index contributed by atoms with van der Waals surface area (Å²) in [5.74, 6) is -0.478. The van der Waals surface area contributed by atoms with Gasteiger partial charge in [0.2, 0.25) is 5.91 Å². The van der Waals surface area contributed by atoms with E-state index in [0.717, 1.165) is 11.0 Å². The van der Waals surface area contributed by atoms with Crippen LogP contribution in [0.2, 0.25) is 0 Å². The third-order valence-corrected chi connectivity index (χ3v) is 3.24. The van der Waals surface area contributed by atoms with Crippen molar-refractivity contribution in [1.82, 2.24) is 20.3 Å². The first-order valence-corrected chi connectivity index (χ1v) is 7.16. The lowest BCUT2D eigenvalue weighted by Crippen LogP contribution is -2.43. The van der Waals surface area contributed by atoms with E-state index in [1.807, 2.05) is 38.1 Å². The molecule has 0 radical (unpaired) electrons. The molecule has 7 heteroatoms. The van der Waals surface area contributed by atoms with Gasteiger partial charge in [0.15, 0.2) is 0 Å². The molecule has 0 bridgehead atoms. The van der Waals surface area contributed by atoms with E-state index in [1.165, 1.54) is 11.8 Å². The Bertz CT molecular complexity index is 666. The number of hydrogen-bond acceptors (Lipinski definition) is 5. The van der Waals surface area contributed by atoms with Crippen molar-refractivity contribution in [1.29, 1.82) is 0 Å². The van der Waals surface area contributed by atoms with Crippen molar-refractivity contribution in [2.45, 2.75) is 32.9 Å². The average Bonchev–Trinajstić information content (AvgIpc) is 2.88. The van der Waals surface area contributed by atoms with Crippen LogP contribution in [-0.4, -0.2) is 40.0 Å². The van der Waals surface area contributed by atoms with E-state index in [1.54, 1.807) is 0 Å². The van der Waals surface area contributed by atoms with Crippen LogP contribution >= 0.6 is 0 Å². The molecule has 0 unspecified atom stereocenters. The Morgan fingerprint density at radius 2 is 2.05 bits per heavy atom. The average molecular weight is 304 g/mol. The second-order valence-electron chi connectivity index (χ2n) is 5.51. The van der Waals surface area contributed by atoms with Gasteiger partial charge in [-0.1, -0.05) is 31.2 Å². The Morgan fingerprint density at radius 1 is 1.32 bits per heavy atom. The number of ether oxygens (including phenoxy) is 1. The molecule has 0 aliphatic rings.